The number of hydrogen-bond acceptors (Lipinski definition) is 5. The Kier molecular flexibility index (Phi) is 25.0. The Labute approximate surface area is 369 Å². The average Bonchev–Trinajstić information content (AvgIpc) is 3.12. The molecule has 310 valence electrons. The van der Waals surface area contributed by atoms with E-state index in [9.17, 15) is 4.39 Å². The van der Waals surface area contributed by atoms with Crippen molar-refractivity contribution in [2.45, 2.75) is 106 Å². The van der Waals surface area contributed by atoms with Gasteiger partial charge in [-0.25, -0.2) is 4.39 Å². The van der Waals surface area contributed by atoms with Crippen molar-refractivity contribution in [2.75, 3.05) is 0 Å². The molecule has 0 saturated heterocycles. The third kappa shape index (κ3) is 27.5. The van der Waals surface area contributed by atoms with Crippen LogP contribution in [0.5, 0.6) is 28.7 Å². The van der Waals surface area contributed by atoms with Crippen molar-refractivity contribution >= 4 is 56.2 Å². The summed E-state index contributed by atoms with van der Waals surface area (Å²) < 4.78 is 42.0. The molecule has 9 heteroatoms. The summed E-state index contributed by atoms with van der Waals surface area (Å²) in [5.74, 6) is 4.11. The van der Waals surface area contributed by atoms with Crippen molar-refractivity contribution < 1.29 is 28.1 Å². The van der Waals surface area contributed by atoms with Gasteiger partial charge in [-0.15, -0.1) is 0 Å². The van der Waals surface area contributed by atoms with Gasteiger partial charge in [0.1, 0.15) is 40.2 Å². The number of ether oxygens (including phenoxy) is 5. The maximum atomic E-state index is 12.4. The molecular weight excluding hydrogens is 918 g/mol. The quantitative estimate of drug-likeness (QED) is 0.131. The minimum absolute atomic E-state index is 0.129. The zero-order valence-electron chi connectivity index (χ0n) is 35.2. The fraction of sp³-hybridized carbons (Fsp3) is 0.333. The highest BCUT2D eigenvalue weighted by Crippen LogP contribution is 2.20. The molecule has 0 spiro atoms. The van der Waals surface area contributed by atoms with Gasteiger partial charge in [-0.2, -0.15) is 0 Å². The van der Waals surface area contributed by atoms with E-state index in [4.69, 9.17) is 35.3 Å². The van der Waals surface area contributed by atoms with E-state index in [2.05, 4.69) is 45.1 Å². The van der Waals surface area contributed by atoms with Gasteiger partial charge in [-0.05, 0) is 214 Å². The molecule has 57 heavy (non-hydrogen) atoms. The largest absolute Gasteiger partial charge is 0.491 e. The lowest BCUT2D eigenvalue weighted by Gasteiger charge is -2.21. The Morgan fingerprint density at radius 1 is 0.544 bits per heavy atom. The third-order valence-corrected chi connectivity index (χ3v) is 7.78. The molecule has 0 aliphatic heterocycles. The summed E-state index contributed by atoms with van der Waals surface area (Å²) in [5, 5.41) is 0.737. The molecular formula is C48H60BrClFIO5. The van der Waals surface area contributed by atoms with Crippen molar-refractivity contribution in [3.05, 3.63) is 152 Å². The highest BCUT2D eigenvalue weighted by molar-refractivity contribution is 14.1. The smallest absolute Gasteiger partial charge is 0.123 e. The normalized spacial score (nSPS) is 10.4. The van der Waals surface area contributed by atoms with Crippen molar-refractivity contribution in [3.8, 4) is 28.7 Å². The predicted octanol–water partition coefficient (Wildman–Crippen LogP) is 15.6. The van der Waals surface area contributed by atoms with E-state index in [1.165, 1.54) is 15.7 Å². The van der Waals surface area contributed by atoms with Gasteiger partial charge in [0.15, 0.2) is 0 Å². The molecule has 0 heterocycles. The molecule has 5 aromatic rings. The van der Waals surface area contributed by atoms with Crippen molar-refractivity contribution in [1.29, 1.82) is 0 Å². The van der Waals surface area contributed by atoms with E-state index in [-0.39, 0.29) is 35.8 Å². The van der Waals surface area contributed by atoms with E-state index >= 15 is 0 Å². The molecule has 5 nitrogen and oxygen atoms in total. The number of hydrogen-bond donors (Lipinski definition) is 0. The summed E-state index contributed by atoms with van der Waals surface area (Å²) in [6.45, 7) is 25.7. The highest BCUT2D eigenvalue weighted by atomic mass is 127. The molecule has 0 aromatic heterocycles. The van der Waals surface area contributed by atoms with Crippen LogP contribution < -0.4 is 23.7 Å². The first-order chi connectivity index (χ1) is 26.7. The Balaban J connectivity index is 0.000000357. The fourth-order valence-corrected chi connectivity index (χ4v) is 4.92. The molecule has 0 saturated carbocycles. The van der Waals surface area contributed by atoms with Gasteiger partial charge in [-0.3, -0.25) is 0 Å². The topological polar surface area (TPSA) is 46.2 Å². The predicted molar refractivity (Wildman–Crippen MR) is 251 cm³/mol. The van der Waals surface area contributed by atoms with Gasteiger partial charge in [0, 0.05) is 13.1 Å². The SMILES string of the molecule is C=Cc1ccc(OC(C)(C)C)cc1.CC(C)Oc1ccc(Br)cc1.CC(C)Oc1ccc(Cl)cc1.CC(C)Oc1ccc(F)cc1.CC(C)Oc1ccc(I)cc1. The molecule has 5 rings (SSSR count). The molecule has 0 N–H and O–H groups in total. The second-order valence-corrected chi connectivity index (χ2v) is 17.1. The van der Waals surface area contributed by atoms with E-state index in [0.29, 0.717) is 5.75 Å². The Bertz CT molecular complexity index is 1570. The lowest BCUT2D eigenvalue weighted by atomic mass is 10.2. The van der Waals surface area contributed by atoms with Crippen LogP contribution in [0.2, 0.25) is 5.02 Å². The molecule has 0 amide bonds. The highest BCUT2D eigenvalue weighted by Gasteiger charge is 2.11. The first-order valence-electron chi connectivity index (χ1n) is 18.8. The summed E-state index contributed by atoms with van der Waals surface area (Å²) in [7, 11) is 0. The summed E-state index contributed by atoms with van der Waals surface area (Å²) >= 11 is 11.3. The lowest BCUT2D eigenvalue weighted by molar-refractivity contribution is 0.131. The van der Waals surface area contributed by atoms with Crippen LogP contribution >= 0.6 is 50.1 Å². The molecule has 0 aliphatic carbocycles. The monoisotopic (exact) mass is 976 g/mol. The summed E-state index contributed by atoms with van der Waals surface area (Å²) in [6.07, 6.45) is 2.68. The van der Waals surface area contributed by atoms with Crippen LogP contribution in [0, 0.1) is 9.39 Å². The fourth-order valence-electron chi connectivity index (χ4n) is 4.17. The van der Waals surface area contributed by atoms with Gasteiger partial charge >= 0.3 is 0 Å². The molecule has 0 fully saturated rings. The summed E-state index contributed by atoms with van der Waals surface area (Å²) in [6, 6.07) is 37.2. The molecule has 0 bridgehead atoms. The number of rotatable bonds is 10. The molecule has 5 aromatic carbocycles. The van der Waals surface area contributed by atoms with Crippen LogP contribution in [-0.2, 0) is 0 Å². The van der Waals surface area contributed by atoms with Gasteiger partial charge in [-0.1, -0.05) is 52.3 Å². The molecule has 0 radical (unpaired) electrons. The third-order valence-electron chi connectivity index (χ3n) is 6.28. The first kappa shape index (κ1) is 51.3. The minimum atomic E-state index is -0.235. The second kappa shape index (κ2) is 27.8. The molecule has 0 atom stereocenters. The van der Waals surface area contributed by atoms with Gasteiger partial charge < -0.3 is 23.7 Å². The maximum Gasteiger partial charge on any atom is 0.123 e. The van der Waals surface area contributed by atoms with E-state index in [0.717, 1.165) is 38.1 Å². The van der Waals surface area contributed by atoms with E-state index in [1.54, 1.807) is 12.1 Å². The van der Waals surface area contributed by atoms with Gasteiger partial charge in [0.05, 0.1) is 24.4 Å². The summed E-state index contributed by atoms with van der Waals surface area (Å²) in [5.41, 5.74) is 0.983. The van der Waals surface area contributed by atoms with Crippen LogP contribution in [0.4, 0.5) is 4.39 Å². The molecule has 0 unspecified atom stereocenters. The van der Waals surface area contributed by atoms with Crippen molar-refractivity contribution in [2.24, 2.45) is 0 Å². The van der Waals surface area contributed by atoms with Gasteiger partial charge in [0.2, 0.25) is 0 Å². The standard InChI is InChI=1S/C12H16O.C9H11BrO.C9H11ClO.C9H11FO.C9H11IO/c1-5-10-6-8-11(9-7-10)13-12(2,3)4;4*1-7(2)11-9-5-3-8(10)4-6-9/h5-9H,1H2,2-4H3;4*3-7H,1-2H3. The van der Waals surface area contributed by atoms with Crippen LogP contribution in [0.25, 0.3) is 6.08 Å². The van der Waals surface area contributed by atoms with Crippen LogP contribution in [0.1, 0.15) is 81.7 Å². The van der Waals surface area contributed by atoms with Gasteiger partial charge in [0.25, 0.3) is 0 Å². The number of halogens is 4. The Hall–Kier alpha value is -3.73. The zero-order chi connectivity index (χ0) is 43.0. The maximum absolute atomic E-state index is 12.4. The van der Waals surface area contributed by atoms with Crippen LogP contribution in [0.3, 0.4) is 0 Å². The minimum Gasteiger partial charge on any atom is -0.491 e. The average molecular weight is 978 g/mol. The van der Waals surface area contributed by atoms with Crippen molar-refractivity contribution in [1.82, 2.24) is 0 Å². The zero-order valence-corrected chi connectivity index (χ0v) is 39.7. The lowest BCUT2D eigenvalue weighted by Crippen LogP contribution is -2.22. The van der Waals surface area contributed by atoms with Crippen molar-refractivity contribution in [3.63, 3.8) is 0 Å². The van der Waals surface area contributed by atoms with Crippen LogP contribution in [-0.4, -0.2) is 30.0 Å². The van der Waals surface area contributed by atoms with E-state index < -0.39 is 0 Å². The Morgan fingerprint density at radius 3 is 1.19 bits per heavy atom. The van der Waals surface area contributed by atoms with E-state index in [1.807, 2.05) is 179 Å². The first-order valence-corrected chi connectivity index (χ1v) is 21.1. The summed E-state index contributed by atoms with van der Waals surface area (Å²) in [4.78, 5) is 0. The second-order valence-electron chi connectivity index (χ2n) is 14.5. The Morgan fingerprint density at radius 2 is 0.860 bits per heavy atom. The molecule has 0 aliphatic rings. The van der Waals surface area contributed by atoms with Crippen LogP contribution in [0.15, 0.2) is 132 Å². The number of benzene rings is 5.